The molecule has 1 aliphatic carbocycles. The fraction of sp³-hybridized carbons (Fsp3) is 0.190. The number of nitrogens with two attached hydrogens (primary N) is 1. The van der Waals surface area contributed by atoms with Crippen LogP contribution in [0.25, 0.3) is 11.1 Å². The van der Waals surface area contributed by atoms with Gasteiger partial charge in [0.1, 0.15) is 11.0 Å². The van der Waals surface area contributed by atoms with Crippen LogP contribution in [0.3, 0.4) is 0 Å². The van der Waals surface area contributed by atoms with Crippen LogP contribution in [-0.4, -0.2) is 26.7 Å². The second kappa shape index (κ2) is 7.60. The number of aromatic nitrogens is 3. The summed E-state index contributed by atoms with van der Waals surface area (Å²) in [4.78, 5) is 24.5. The number of amides is 1. The quantitative estimate of drug-likeness (QED) is 0.347. The standard InChI is InChI=1S/C21H19ClN6O/c22-17-7-4-14(10-25-17)18(29)28-19(23)21(8-1-9-21)16-5-2-13(3-6-16)15-11-26-20(24)27-12-15/h2-7,10-12H,1,8-9H2,(H2,23,28,29)(H2,24,26,27). The van der Waals surface area contributed by atoms with E-state index in [0.29, 0.717) is 10.7 Å². The van der Waals surface area contributed by atoms with E-state index in [0.717, 1.165) is 36.0 Å². The highest BCUT2D eigenvalue weighted by Gasteiger charge is 2.43. The molecule has 1 amide bonds. The third-order valence-corrected chi connectivity index (χ3v) is 5.58. The van der Waals surface area contributed by atoms with Crippen LogP contribution in [-0.2, 0) is 5.41 Å². The molecule has 1 saturated carbocycles. The number of hydrogen-bond acceptors (Lipinski definition) is 6. The lowest BCUT2D eigenvalue weighted by molar-refractivity contribution is 0.0971. The molecule has 3 aromatic rings. The third kappa shape index (κ3) is 3.69. The normalized spacial score (nSPS) is 14.7. The lowest BCUT2D eigenvalue weighted by Gasteiger charge is -2.42. The SMILES string of the molecule is N=C(NC(=O)c1ccc(Cl)nc1)C1(c2ccc(-c3cnc(N)nc3)cc2)CCC1. The van der Waals surface area contributed by atoms with E-state index in [4.69, 9.17) is 22.7 Å². The summed E-state index contributed by atoms with van der Waals surface area (Å²) in [5.74, 6) is 0.0761. The van der Waals surface area contributed by atoms with Gasteiger partial charge in [0.2, 0.25) is 5.95 Å². The van der Waals surface area contributed by atoms with Crippen LogP contribution in [0.15, 0.2) is 55.0 Å². The first-order valence-corrected chi connectivity index (χ1v) is 9.56. The molecule has 1 aliphatic rings. The lowest BCUT2D eigenvalue weighted by atomic mass is 9.63. The van der Waals surface area contributed by atoms with Gasteiger partial charge in [-0.05, 0) is 36.1 Å². The number of nitrogens with zero attached hydrogens (tertiary/aromatic N) is 3. The summed E-state index contributed by atoms with van der Waals surface area (Å²) >= 11 is 5.77. The summed E-state index contributed by atoms with van der Waals surface area (Å²) in [6.07, 6.45) is 7.40. The number of pyridine rings is 1. The zero-order chi connectivity index (χ0) is 20.4. The molecule has 2 aromatic heterocycles. The van der Waals surface area contributed by atoms with Crippen molar-refractivity contribution in [2.45, 2.75) is 24.7 Å². The molecule has 0 bridgehead atoms. The highest BCUT2D eigenvalue weighted by Crippen LogP contribution is 2.44. The van der Waals surface area contributed by atoms with E-state index >= 15 is 0 Å². The summed E-state index contributed by atoms with van der Waals surface area (Å²) in [5.41, 5.74) is 8.27. The molecule has 0 unspecified atom stereocenters. The monoisotopic (exact) mass is 406 g/mol. The molecule has 4 N–H and O–H groups in total. The van der Waals surface area contributed by atoms with Gasteiger partial charge in [-0.15, -0.1) is 0 Å². The fourth-order valence-corrected chi connectivity index (χ4v) is 3.61. The average Bonchev–Trinajstić information content (AvgIpc) is 2.69. The van der Waals surface area contributed by atoms with Gasteiger partial charge in [0, 0.05) is 24.2 Å². The van der Waals surface area contributed by atoms with Gasteiger partial charge in [-0.2, -0.15) is 0 Å². The van der Waals surface area contributed by atoms with E-state index in [1.165, 1.54) is 6.20 Å². The maximum Gasteiger partial charge on any atom is 0.258 e. The largest absolute Gasteiger partial charge is 0.368 e. The second-order valence-corrected chi connectivity index (χ2v) is 7.43. The first-order chi connectivity index (χ1) is 14.0. The van der Waals surface area contributed by atoms with Crippen LogP contribution in [0.5, 0.6) is 0 Å². The molecule has 0 saturated heterocycles. The first-order valence-electron chi connectivity index (χ1n) is 9.18. The van der Waals surface area contributed by atoms with Gasteiger partial charge in [0.05, 0.1) is 11.0 Å². The maximum atomic E-state index is 12.5. The number of benzene rings is 1. The van der Waals surface area contributed by atoms with E-state index in [-0.39, 0.29) is 17.7 Å². The molecule has 0 aliphatic heterocycles. The fourth-order valence-electron chi connectivity index (χ4n) is 3.50. The number of hydrogen-bond donors (Lipinski definition) is 3. The van der Waals surface area contributed by atoms with Gasteiger partial charge in [0.15, 0.2) is 0 Å². The third-order valence-electron chi connectivity index (χ3n) is 5.36. The zero-order valence-corrected chi connectivity index (χ0v) is 16.3. The summed E-state index contributed by atoms with van der Waals surface area (Å²) in [6.45, 7) is 0. The van der Waals surface area contributed by atoms with Gasteiger partial charge in [-0.1, -0.05) is 42.3 Å². The number of halogens is 1. The highest BCUT2D eigenvalue weighted by molar-refractivity contribution is 6.29. The molecule has 1 aromatic carbocycles. The van der Waals surface area contributed by atoms with E-state index < -0.39 is 5.41 Å². The van der Waals surface area contributed by atoms with Crippen molar-refractivity contribution in [3.8, 4) is 11.1 Å². The zero-order valence-electron chi connectivity index (χ0n) is 15.5. The molecule has 1 fully saturated rings. The van der Waals surface area contributed by atoms with Crippen molar-refractivity contribution in [1.82, 2.24) is 20.3 Å². The molecule has 146 valence electrons. The Kier molecular flexibility index (Phi) is 4.98. The minimum atomic E-state index is -0.480. The number of nitrogen functional groups attached to an aromatic ring is 1. The number of carbonyl (C=O) groups excluding carboxylic acids is 1. The minimum Gasteiger partial charge on any atom is -0.368 e. The lowest BCUT2D eigenvalue weighted by Crippen LogP contribution is -2.50. The molecule has 4 rings (SSSR count). The topological polar surface area (TPSA) is 118 Å². The Balaban J connectivity index is 1.53. The summed E-state index contributed by atoms with van der Waals surface area (Å²) in [5, 5.41) is 11.6. The smallest absolute Gasteiger partial charge is 0.258 e. The van der Waals surface area contributed by atoms with E-state index in [1.807, 2.05) is 24.3 Å². The molecule has 0 spiro atoms. The van der Waals surface area contributed by atoms with Crippen molar-refractivity contribution in [1.29, 1.82) is 5.41 Å². The Labute approximate surface area is 172 Å². The molecular formula is C21H19ClN6O. The van der Waals surface area contributed by atoms with Crippen molar-refractivity contribution < 1.29 is 4.79 Å². The van der Waals surface area contributed by atoms with Crippen LogP contribution in [0.4, 0.5) is 5.95 Å². The Morgan fingerprint density at radius 3 is 2.24 bits per heavy atom. The van der Waals surface area contributed by atoms with E-state index in [2.05, 4.69) is 20.3 Å². The first kappa shape index (κ1) is 19.0. The number of rotatable bonds is 4. The molecular weight excluding hydrogens is 388 g/mol. The molecule has 8 heteroatoms. The Morgan fingerprint density at radius 2 is 1.69 bits per heavy atom. The van der Waals surface area contributed by atoms with Gasteiger partial charge >= 0.3 is 0 Å². The number of anilines is 1. The molecule has 7 nitrogen and oxygen atoms in total. The van der Waals surface area contributed by atoms with Gasteiger partial charge in [-0.3, -0.25) is 10.2 Å². The van der Waals surface area contributed by atoms with Gasteiger partial charge in [0.25, 0.3) is 5.91 Å². The van der Waals surface area contributed by atoms with Crippen molar-refractivity contribution in [3.05, 3.63) is 71.3 Å². The summed E-state index contributed by atoms with van der Waals surface area (Å²) in [6, 6.07) is 11.1. The Bertz CT molecular complexity index is 1040. The summed E-state index contributed by atoms with van der Waals surface area (Å²) < 4.78 is 0. The van der Waals surface area contributed by atoms with Crippen molar-refractivity contribution in [2.24, 2.45) is 0 Å². The van der Waals surface area contributed by atoms with Crippen LogP contribution in [0.2, 0.25) is 5.15 Å². The number of nitrogens with one attached hydrogen (secondary N) is 2. The molecule has 0 atom stereocenters. The van der Waals surface area contributed by atoms with Crippen molar-refractivity contribution >= 4 is 29.3 Å². The Morgan fingerprint density at radius 1 is 1.00 bits per heavy atom. The predicted molar refractivity (Wildman–Crippen MR) is 112 cm³/mol. The second-order valence-electron chi connectivity index (χ2n) is 7.04. The summed E-state index contributed by atoms with van der Waals surface area (Å²) in [7, 11) is 0. The van der Waals surface area contributed by atoms with Crippen LogP contribution in [0, 0.1) is 5.41 Å². The van der Waals surface area contributed by atoms with E-state index in [1.54, 1.807) is 24.5 Å². The predicted octanol–water partition coefficient (Wildman–Crippen LogP) is 3.60. The molecule has 2 heterocycles. The Hall–Kier alpha value is -3.32. The van der Waals surface area contributed by atoms with Crippen molar-refractivity contribution in [3.63, 3.8) is 0 Å². The van der Waals surface area contributed by atoms with Gasteiger partial charge in [-0.25, -0.2) is 15.0 Å². The van der Waals surface area contributed by atoms with E-state index in [9.17, 15) is 4.79 Å². The molecule has 29 heavy (non-hydrogen) atoms. The minimum absolute atomic E-state index is 0.201. The number of carbonyl (C=O) groups is 1. The van der Waals surface area contributed by atoms with Crippen molar-refractivity contribution in [2.75, 3.05) is 5.73 Å². The maximum absolute atomic E-state index is 12.5. The molecule has 0 radical (unpaired) electrons. The van der Waals surface area contributed by atoms with Crippen LogP contribution < -0.4 is 11.1 Å². The average molecular weight is 407 g/mol. The highest BCUT2D eigenvalue weighted by atomic mass is 35.5. The van der Waals surface area contributed by atoms with Crippen LogP contribution >= 0.6 is 11.6 Å². The van der Waals surface area contributed by atoms with Crippen LogP contribution in [0.1, 0.15) is 35.2 Å². The van der Waals surface area contributed by atoms with Gasteiger partial charge < -0.3 is 11.1 Å². The number of amidine groups is 1.